The summed E-state index contributed by atoms with van der Waals surface area (Å²) in [7, 11) is 0. The van der Waals surface area contributed by atoms with Gasteiger partial charge in [-0.3, -0.25) is 9.59 Å². The highest BCUT2D eigenvalue weighted by molar-refractivity contribution is 5.80. The lowest BCUT2D eigenvalue weighted by Gasteiger charge is -2.14. The molecule has 392 valence electrons. The highest BCUT2D eigenvalue weighted by Crippen LogP contribution is 2.44. The van der Waals surface area contributed by atoms with E-state index in [2.05, 4.69) is 34.9 Å². The second-order valence-corrected chi connectivity index (χ2v) is 15.2. The van der Waals surface area contributed by atoms with Crippen molar-refractivity contribution in [3.05, 3.63) is 59.7 Å². The van der Waals surface area contributed by atoms with Gasteiger partial charge in [0.25, 0.3) is 0 Å². The van der Waals surface area contributed by atoms with Crippen molar-refractivity contribution in [1.29, 1.82) is 0 Å². The first-order valence-electron chi connectivity index (χ1n) is 24.1. The molecule has 0 heterocycles. The van der Waals surface area contributed by atoms with Gasteiger partial charge in [0.1, 0.15) is 6.61 Å². The molecule has 2 aromatic rings. The Bertz CT molecular complexity index is 1530. The lowest BCUT2D eigenvalue weighted by molar-refractivity contribution is -0.138. The summed E-state index contributed by atoms with van der Waals surface area (Å²) in [5, 5.41) is 14.0. The number of amides is 2. The van der Waals surface area contributed by atoms with Crippen LogP contribution in [-0.2, 0) is 75.9 Å². The van der Waals surface area contributed by atoms with Crippen molar-refractivity contribution in [2.24, 2.45) is 0 Å². The molecule has 2 amide bonds. The summed E-state index contributed by atoms with van der Waals surface area (Å²) in [6.45, 7) is 13.5. The van der Waals surface area contributed by atoms with Crippen molar-refractivity contribution < 1.29 is 85.8 Å². The van der Waals surface area contributed by atoms with E-state index >= 15 is 0 Å². The molecule has 0 radical (unpaired) electrons. The standard InChI is InChI=1S/C49H78N2O18/c52-47(11-12-48(53)54)50-13-5-15-56-17-19-58-21-23-60-25-27-62-29-31-64-33-35-66-37-39-68-40-38-67-36-34-65-32-30-63-28-26-61-24-22-59-20-18-57-16-6-14-51-49(55)69-41-46-44-9-3-1-7-42(44)43-8-2-4-10-45(43)46/h1-4,7-10,46H,5-6,11-41H2,(H,50,52)(H,51,55)(H,53,54). The van der Waals surface area contributed by atoms with Gasteiger partial charge in [-0.25, -0.2) is 4.79 Å². The fourth-order valence-electron chi connectivity index (χ4n) is 6.47. The van der Waals surface area contributed by atoms with Crippen molar-refractivity contribution >= 4 is 18.0 Å². The van der Waals surface area contributed by atoms with Crippen LogP contribution in [0.15, 0.2) is 48.5 Å². The molecule has 0 spiro atoms. The number of carbonyl (C=O) groups is 3. The summed E-state index contributed by atoms with van der Waals surface area (Å²) in [5.41, 5.74) is 4.78. The normalized spacial score (nSPS) is 12.0. The Labute approximate surface area is 407 Å². The predicted octanol–water partition coefficient (Wildman–Crippen LogP) is 3.50. The van der Waals surface area contributed by atoms with Gasteiger partial charge in [0.2, 0.25) is 5.91 Å². The Balaban J connectivity index is 0.896. The van der Waals surface area contributed by atoms with E-state index in [1.54, 1.807) is 0 Å². The monoisotopic (exact) mass is 983 g/mol. The molecule has 1 aliphatic rings. The zero-order valence-electron chi connectivity index (χ0n) is 40.4. The van der Waals surface area contributed by atoms with Gasteiger partial charge in [-0.1, -0.05) is 48.5 Å². The minimum absolute atomic E-state index is 0.0161. The van der Waals surface area contributed by atoms with Crippen molar-refractivity contribution in [2.75, 3.05) is 191 Å². The minimum atomic E-state index is -0.987. The second kappa shape index (κ2) is 43.0. The molecule has 3 rings (SSSR count). The highest BCUT2D eigenvalue weighted by Gasteiger charge is 2.29. The molecule has 1 aliphatic carbocycles. The van der Waals surface area contributed by atoms with E-state index in [1.165, 1.54) is 22.3 Å². The SMILES string of the molecule is O=C(O)CCC(=O)NCCCOCCOCCOCCOCCOCCOCCOCCOCCOCCOCCOCCOCCOCCCNC(=O)OCC1c2ccccc2-c2ccccc21. The molecular weight excluding hydrogens is 905 g/mol. The topological polar surface area (TPSA) is 225 Å². The number of alkyl carbamates (subject to hydrolysis) is 1. The number of hydrogen-bond donors (Lipinski definition) is 3. The molecule has 69 heavy (non-hydrogen) atoms. The van der Waals surface area contributed by atoms with Crippen LogP contribution >= 0.6 is 0 Å². The van der Waals surface area contributed by atoms with Gasteiger partial charge in [0.15, 0.2) is 0 Å². The maximum atomic E-state index is 12.3. The third kappa shape index (κ3) is 31.9. The number of hydrogen-bond acceptors (Lipinski definition) is 17. The number of carbonyl (C=O) groups excluding carboxylic acids is 2. The third-order valence-corrected chi connectivity index (χ3v) is 9.90. The van der Waals surface area contributed by atoms with E-state index in [1.807, 2.05) is 24.3 Å². The van der Waals surface area contributed by atoms with E-state index in [-0.39, 0.29) is 24.7 Å². The second-order valence-electron chi connectivity index (χ2n) is 15.2. The van der Waals surface area contributed by atoms with E-state index in [0.717, 1.165) is 0 Å². The average Bonchev–Trinajstić information content (AvgIpc) is 3.68. The Morgan fingerprint density at radius 2 is 0.681 bits per heavy atom. The van der Waals surface area contributed by atoms with Crippen LogP contribution < -0.4 is 10.6 Å². The number of ether oxygens (including phenoxy) is 14. The summed E-state index contributed by atoms with van der Waals surface area (Å²) in [6, 6.07) is 16.5. The van der Waals surface area contributed by atoms with Crippen LogP contribution in [0.1, 0.15) is 42.7 Å². The number of rotatable bonds is 49. The van der Waals surface area contributed by atoms with Crippen LogP contribution in [0, 0.1) is 0 Å². The first-order valence-corrected chi connectivity index (χ1v) is 24.1. The molecule has 2 aromatic carbocycles. The average molecular weight is 983 g/mol. The summed E-state index contributed by atoms with van der Waals surface area (Å²) < 4.78 is 77.1. The van der Waals surface area contributed by atoms with Crippen LogP contribution in [0.25, 0.3) is 11.1 Å². The number of nitrogens with one attached hydrogen (secondary N) is 2. The zero-order valence-corrected chi connectivity index (χ0v) is 40.4. The van der Waals surface area contributed by atoms with E-state index in [9.17, 15) is 14.4 Å². The molecule has 20 nitrogen and oxygen atoms in total. The number of carboxylic acid groups (broad SMARTS) is 1. The highest BCUT2D eigenvalue weighted by atomic mass is 16.6. The Morgan fingerprint density at radius 3 is 1.00 bits per heavy atom. The molecule has 0 saturated heterocycles. The Kier molecular flexibility index (Phi) is 37.0. The molecule has 0 unspecified atom stereocenters. The van der Waals surface area contributed by atoms with Crippen LogP contribution in [0.3, 0.4) is 0 Å². The minimum Gasteiger partial charge on any atom is -0.481 e. The third-order valence-electron chi connectivity index (χ3n) is 9.90. The Morgan fingerprint density at radius 1 is 0.391 bits per heavy atom. The summed E-state index contributed by atoms with van der Waals surface area (Å²) >= 11 is 0. The largest absolute Gasteiger partial charge is 0.481 e. The molecule has 0 aliphatic heterocycles. The van der Waals surface area contributed by atoms with Gasteiger partial charge in [-0.15, -0.1) is 0 Å². The summed E-state index contributed by atoms with van der Waals surface area (Å²) in [5.74, 6) is -1.22. The van der Waals surface area contributed by atoms with Gasteiger partial charge < -0.3 is 82.1 Å². The molecular formula is C49H78N2O18. The lowest BCUT2D eigenvalue weighted by Crippen LogP contribution is -2.27. The zero-order chi connectivity index (χ0) is 48.9. The Hall–Kier alpha value is -3.87. The lowest BCUT2D eigenvalue weighted by atomic mass is 9.98. The quantitative estimate of drug-likeness (QED) is 0.0807. The first kappa shape index (κ1) is 59.4. The van der Waals surface area contributed by atoms with Gasteiger partial charge in [0.05, 0.1) is 165 Å². The van der Waals surface area contributed by atoms with Crippen LogP contribution in [-0.4, -0.2) is 215 Å². The van der Waals surface area contributed by atoms with Gasteiger partial charge in [-0.05, 0) is 35.1 Å². The van der Waals surface area contributed by atoms with Crippen LogP contribution in [0.5, 0.6) is 0 Å². The first-order chi connectivity index (χ1) is 34.1. The fourth-order valence-corrected chi connectivity index (χ4v) is 6.47. The van der Waals surface area contributed by atoms with Gasteiger partial charge in [0, 0.05) is 38.6 Å². The molecule has 0 saturated carbocycles. The van der Waals surface area contributed by atoms with E-state index in [4.69, 9.17) is 71.4 Å². The summed E-state index contributed by atoms with van der Waals surface area (Å²) in [4.78, 5) is 34.1. The number of benzene rings is 2. The number of aliphatic carboxylic acids is 1. The van der Waals surface area contributed by atoms with E-state index in [0.29, 0.717) is 204 Å². The molecule has 20 heteroatoms. The van der Waals surface area contributed by atoms with Crippen molar-refractivity contribution in [2.45, 2.75) is 31.6 Å². The smallest absolute Gasteiger partial charge is 0.407 e. The molecule has 0 bridgehead atoms. The van der Waals surface area contributed by atoms with Crippen molar-refractivity contribution in [1.82, 2.24) is 10.6 Å². The van der Waals surface area contributed by atoms with Gasteiger partial charge >= 0.3 is 12.1 Å². The van der Waals surface area contributed by atoms with Crippen LogP contribution in [0.2, 0.25) is 0 Å². The molecule has 0 atom stereocenters. The number of carboxylic acids is 1. The molecule has 0 fully saturated rings. The summed E-state index contributed by atoms with van der Waals surface area (Å²) in [6.07, 6.45) is 0.712. The molecule has 3 N–H and O–H groups in total. The fraction of sp³-hybridized carbons (Fsp3) is 0.694. The van der Waals surface area contributed by atoms with Crippen molar-refractivity contribution in [3.63, 3.8) is 0 Å². The van der Waals surface area contributed by atoms with Crippen molar-refractivity contribution in [3.8, 4) is 11.1 Å². The number of fused-ring (bicyclic) bond motifs is 3. The van der Waals surface area contributed by atoms with Crippen LogP contribution in [0.4, 0.5) is 4.79 Å². The predicted molar refractivity (Wildman–Crippen MR) is 253 cm³/mol. The molecule has 0 aromatic heterocycles. The van der Waals surface area contributed by atoms with E-state index < -0.39 is 12.1 Å². The maximum absolute atomic E-state index is 12.3. The van der Waals surface area contributed by atoms with Gasteiger partial charge in [-0.2, -0.15) is 0 Å². The maximum Gasteiger partial charge on any atom is 0.407 e.